The van der Waals surface area contributed by atoms with Crippen molar-refractivity contribution in [2.45, 2.75) is 38.3 Å². The number of ketones is 1. The average molecular weight is 375 g/mol. The summed E-state index contributed by atoms with van der Waals surface area (Å²) in [5, 5.41) is 0. The number of hydrogen-bond acceptors (Lipinski definition) is 3. The third-order valence-corrected chi connectivity index (χ3v) is 4.44. The Morgan fingerprint density at radius 3 is 2.78 bits per heavy atom. The lowest BCUT2D eigenvalue weighted by molar-refractivity contribution is -0.153. The third kappa shape index (κ3) is 5.42. The van der Waals surface area contributed by atoms with Crippen LogP contribution >= 0.6 is 0 Å². The Kier molecular flexibility index (Phi) is 5.63. The zero-order valence-corrected chi connectivity index (χ0v) is 14.9. The SMILES string of the molecule is C[C@@H](CC(=O)Cc1ccc2c(c1)CC=C2)c1ccc(OCC(F)(F)F)cn1. The summed E-state index contributed by atoms with van der Waals surface area (Å²) in [5.41, 5.74) is 4.10. The van der Waals surface area contributed by atoms with Crippen molar-refractivity contribution < 1.29 is 22.7 Å². The number of carbonyl (C=O) groups excluding carboxylic acids is 1. The summed E-state index contributed by atoms with van der Waals surface area (Å²) < 4.78 is 41.1. The lowest BCUT2D eigenvalue weighted by atomic mass is 9.95. The summed E-state index contributed by atoms with van der Waals surface area (Å²) >= 11 is 0. The van der Waals surface area contributed by atoms with Crippen LogP contribution in [0.15, 0.2) is 42.6 Å². The van der Waals surface area contributed by atoms with E-state index < -0.39 is 12.8 Å². The molecule has 0 aliphatic heterocycles. The molecule has 0 saturated heterocycles. The van der Waals surface area contributed by atoms with Gasteiger partial charge >= 0.3 is 6.18 Å². The quantitative estimate of drug-likeness (QED) is 0.691. The van der Waals surface area contributed by atoms with Gasteiger partial charge in [-0.15, -0.1) is 0 Å². The van der Waals surface area contributed by atoms with Crippen molar-refractivity contribution in [2.75, 3.05) is 6.61 Å². The molecule has 1 aromatic carbocycles. The number of allylic oxidation sites excluding steroid dienone is 1. The molecule has 1 aliphatic rings. The number of aromatic nitrogens is 1. The first-order chi connectivity index (χ1) is 12.8. The molecule has 0 saturated carbocycles. The predicted molar refractivity (Wildman–Crippen MR) is 96.7 cm³/mol. The molecular weight excluding hydrogens is 355 g/mol. The van der Waals surface area contributed by atoms with Gasteiger partial charge in [-0.3, -0.25) is 9.78 Å². The fraction of sp³-hybridized carbons (Fsp3) is 0.333. The van der Waals surface area contributed by atoms with E-state index >= 15 is 0 Å². The summed E-state index contributed by atoms with van der Waals surface area (Å²) in [6, 6.07) is 9.13. The molecule has 0 fully saturated rings. The van der Waals surface area contributed by atoms with Gasteiger partial charge in [0.15, 0.2) is 6.61 Å². The lowest BCUT2D eigenvalue weighted by Gasteiger charge is -2.12. The molecule has 0 spiro atoms. The van der Waals surface area contributed by atoms with Gasteiger partial charge in [0.2, 0.25) is 0 Å². The first-order valence-corrected chi connectivity index (χ1v) is 8.76. The summed E-state index contributed by atoms with van der Waals surface area (Å²) in [4.78, 5) is 16.5. The number of carbonyl (C=O) groups is 1. The van der Waals surface area contributed by atoms with Crippen LogP contribution in [-0.2, 0) is 17.6 Å². The third-order valence-electron chi connectivity index (χ3n) is 4.44. The molecule has 0 unspecified atom stereocenters. The molecule has 1 aromatic heterocycles. The van der Waals surface area contributed by atoms with Crippen LogP contribution in [-0.4, -0.2) is 23.6 Å². The number of alkyl halides is 3. The van der Waals surface area contributed by atoms with Crippen molar-refractivity contribution in [1.82, 2.24) is 4.98 Å². The van der Waals surface area contributed by atoms with Crippen molar-refractivity contribution in [2.24, 2.45) is 0 Å². The van der Waals surface area contributed by atoms with E-state index in [2.05, 4.69) is 27.9 Å². The van der Waals surface area contributed by atoms with Gasteiger partial charge in [-0.25, -0.2) is 0 Å². The monoisotopic (exact) mass is 375 g/mol. The summed E-state index contributed by atoms with van der Waals surface area (Å²) in [5.74, 6) is 0.0409. The Morgan fingerprint density at radius 1 is 1.26 bits per heavy atom. The number of nitrogens with zero attached hydrogens (tertiary/aromatic N) is 1. The maximum atomic E-state index is 12.4. The van der Waals surface area contributed by atoms with Gasteiger partial charge < -0.3 is 4.74 Å². The average Bonchev–Trinajstić information content (AvgIpc) is 3.07. The summed E-state index contributed by atoms with van der Waals surface area (Å²) in [6.45, 7) is 0.529. The van der Waals surface area contributed by atoms with Gasteiger partial charge in [-0.05, 0) is 35.2 Å². The number of Topliss-reactive ketones (excluding diaryl/α,β-unsaturated/α-hetero) is 1. The number of ether oxygens (including phenoxy) is 1. The Balaban J connectivity index is 1.53. The second kappa shape index (κ2) is 7.94. The number of fused-ring (bicyclic) bond motifs is 1. The predicted octanol–water partition coefficient (Wildman–Crippen LogP) is 4.90. The molecule has 0 amide bonds. The van der Waals surface area contributed by atoms with E-state index in [4.69, 9.17) is 0 Å². The molecule has 0 bridgehead atoms. The number of halogens is 3. The Hall–Kier alpha value is -2.63. The molecule has 3 rings (SSSR count). The van der Waals surface area contributed by atoms with Crippen LogP contribution in [0.25, 0.3) is 6.08 Å². The highest BCUT2D eigenvalue weighted by Gasteiger charge is 2.28. The van der Waals surface area contributed by atoms with Crippen LogP contribution in [0.5, 0.6) is 5.75 Å². The van der Waals surface area contributed by atoms with Crippen LogP contribution in [0.2, 0.25) is 0 Å². The first-order valence-electron chi connectivity index (χ1n) is 8.76. The minimum absolute atomic E-state index is 0.0568. The van der Waals surface area contributed by atoms with Crippen LogP contribution in [0.1, 0.15) is 41.6 Å². The van der Waals surface area contributed by atoms with Crippen molar-refractivity contribution in [1.29, 1.82) is 0 Å². The maximum absolute atomic E-state index is 12.4. The van der Waals surface area contributed by atoms with Crippen LogP contribution in [0, 0.1) is 0 Å². The largest absolute Gasteiger partial charge is 0.483 e. The highest BCUT2D eigenvalue weighted by atomic mass is 19.4. The summed E-state index contributed by atoms with van der Waals surface area (Å²) in [7, 11) is 0. The minimum atomic E-state index is -4.38. The first kappa shape index (κ1) is 19.1. The van der Waals surface area contributed by atoms with Gasteiger partial charge in [-0.2, -0.15) is 13.2 Å². The fourth-order valence-corrected chi connectivity index (χ4v) is 3.10. The fourth-order valence-electron chi connectivity index (χ4n) is 3.10. The number of benzene rings is 1. The molecule has 0 N–H and O–H groups in total. The Morgan fingerprint density at radius 2 is 2.07 bits per heavy atom. The second-order valence-electron chi connectivity index (χ2n) is 6.78. The topological polar surface area (TPSA) is 39.2 Å². The minimum Gasteiger partial charge on any atom is -0.483 e. The van der Waals surface area contributed by atoms with Crippen LogP contribution in [0.4, 0.5) is 13.2 Å². The van der Waals surface area contributed by atoms with Crippen molar-refractivity contribution >= 4 is 11.9 Å². The molecule has 1 heterocycles. The van der Waals surface area contributed by atoms with E-state index in [0.29, 0.717) is 18.5 Å². The van der Waals surface area contributed by atoms with E-state index in [1.54, 1.807) is 6.07 Å². The second-order valence-corrected chi connectivity index (χ2v) is 6.78. The van der Waals surface area contributed by atoms with Crippen LogP contribution in [0.3, 0.4) is 0 Å². The standard InChI is InChI=1S/C21H20F3NO2/c1-14(20-8-7-19(12-25-20)27-13-21(22,23)24)9-18(26)11-15-5-6-16-3-2-4-17(16)10-15/h2-3,5-8,10,12,14H,4,9,11,13H2,1H3/t14-/m0/s1. The van der Waals surface area contributed by atoms with E-state index in [-0.39, 0.29) is 17.5 Å². The lowest BCUT2D eigenvalue weighted by Crippen LogP contribution is -2.19. The van der Waals surface area contributed by atoms with Gasteiger partial charge in [0.25, 0.3) is 0 Å². The molecule has 6 heteroatoms. The Bertz CT molecular complexity index is 841. The number of rotatable bonds is 7. The molecule has 27 heavy (non-hydrogen) atoms. The van der Waals surface area contributed by atoms with Gasteiger partial charge in [-0.1, -0.05) is 37.3 Å². The normalized spacial score (nSPS) is 14.1. The van der Waals surface area contributed by atoms with Crippen molar-refractivity contribution in [3.05, 3.63) is 65.0 Å². The van der Waals surface area contributed by atoms with Crippen LogP contribution < -0.4 is 4.74 Å². The van der Waals surface area contributed by atoms with E-state index in [1.165, 1.54) is 23.4 Å². The molecule has 3 nitrogen and oxygen atoms in total. The van der Waals surface area contributed by atoms with Gasteiger partial charge in [0, 0.05) is 24.5 Å². The highest BCUT2D eigenvalue weighted by molar-refractivity contribution is 5.81. The zero-order chi connectivity index (χ0) is 19.4. The van der Waals surface area contributed by atoms with Gasteiger partial charge in [0.1, 0.15) is 11.5 Å². The van der Waals surface area contributed by atoms with Crippen molar-refractivity contribution in [3.63, 3.8) is 0 Å². The smallest absolute Gasteiger partial charge is 0.422 e. The van der Waals surface area contributed by atoms with Gasteiger partial charge in [0.05, 0.1) is 6.20 Å². The molecule has 1 aliphatic carbocycles. The zero-order valence-electron chi connectivity index (χ0n) is 14.9. The molecule has 0 radical (unpaired) electrons. The summed E-state index contributed by atoms with van der Waals surface area (Å²) in [6.07, 6.45) is 2.65. The number of hydrogen-bond donors (Lipinski definition) is 0. The van der Waals surface area contributed by atoms with E-state index in [9.17, 15) is 18.0 Å². The van der Waals surface area contributed by atoms with Crippen molar-refractivity contribution in [3.8, 4) is 5.75 Å². The number of pyridine rings is 1. The molecular formula is C21H20F3NO2. The van der Waals surface area contributed by atoms with E-state index in [1.807, 2.05) is 19.1 Å². The highest BCUT2D eigenvalue weighted by Crippen LogP contribution is 2.24. The maximum Gasteiger partial charge on any atom is 0.422 e. The molecule has 142 valence electrons. The van der Waals surface area contributed by atoms with E-state index in [0.717, 1.165) is 12.0 Å². The molecule has 2 aromatic rings. The molecule has 1 atom stereocenters. The Labute approximate surface area is 155 Å².